The van der Waals surface area contributed by atoms with Gasteiger partial charge in [0.15, 0.2) is 9.84 Å². The topological polar surface area (TPSA) is 73.0 Å². The summed E-state index contributed by atoms with van der Waals surface area (Å²) in [5.74, 6) is -0.958. The highest BCUT2D eigenvalue weighted by atomic mass is 32.2. The lowest BCUT2D eigenvalue weighted by Gasteiger charge is -2.03. The van der Waals surface area contributed by atoms with Gasteiger partial charge in [0.1, 0.15) is 16.6 Å². The number of aryl methyl sites for hydroxylation is 1. The first kappa shape index (κ1) is 13.0. The number of benzene rings is 1. The molecule has 0 radical (unpaired) electrons. The van der Waals surface area contributed by atoms with E-state index in [2.05, 4.69) is 4.98 Å². The van der Waals surface area contributed by atoms with Gasteiger partial charge in [-0.1, -0.05) is 0 Å². The molecule has 4 nitrogen and oxygen atoms in total. The van der Waals surface area contributed by atoms with Gasteiger partial charge < -0.3 is 5.73 Å². The number of halogens is 1. The lowest BCUT2D eigenvalue weighted by atomic mass is 10.3. The molecule has 18 heavy (non-hydrogen) atoms. The third-order valence-electron chi connectivity index (χ3n) is 2.31. The summed E-state index contributed by atoms with van der Waals surface area (Å²) >= 11 is 1.27. The molecule has 1 aromatic carbocycles. The SMILES string of the molecule is Cc1csc(CS(=O)(=O)c2ccc(N)c(F)c2)n1. The van der Waals surface area contributed by atoms with Crippen LogP contribution in [-0.4, -0.2) is 13.4 Å². The van der Waals surface area contributed by atoms with Crippen LogP contribution in [0, 0.1) is 12.7 Å². The minimum Gasteiger partial charge on any atom is -0.396 e. The van der Waals surface area contributed by atoms with E-state index in [4.69, 9.17) is 5.73 Å². The van der Waals surface area contributed by atoms with Gasteiger partial charge in [-0.3, -0.25) is 0 Å². The van der Waals surface area contributed by atoms with Crippen molar-refractivity contribution >= 4 is 26.9 Å². The van der Waals surface area contributed by atoms with Crippen LogP contribution in [0.5, 0.6) is 0 Å². The van der Waals surface area contributed by atoms with Crippen molar-refractivity contribution in [1.82, 2.24) is 4.98 Å². The Labute approximate surface area is 108 Å². The number of hydrogen-bond acceptors (Lipinski definition) is 5. The van der Waals surface area contributed by atoms with Crippen LogP contribution >= 0.6 is 11.3 Å². The van der Waals surface area contributed by atoms with Crippen LogP contribution < -0.4 is 5.73 Å². The normalized spacial score (nSPS) is 11.7. The van der Waals surface area contributed by atoms with E-state index in [-0.39, 0.29) is 16.3 Å². The highest BCUT2D eigenvalue weighted by molar-refractivity contribution is 7.90. The quantitative estimate of drug-likeness (QED) is 0.877. The molecule has 2 N–H and O–H groups in total. The number of hydrogen-bond donors (Lipinski definition) is 1. The Morgan fingerprint density at radius 1 is 1.44 bits per heavy atom. The second kappa shape index (κ2) is 4.66. The van der Waals surface area contributed by atoms with Gasteiger partial charge in [-0.2, -0.15) is 0 Å². The van der Waals surface area contributed by atoms with Gasteiger partial charge in [-0.05, 0) is 25.1 Å². The Bertz CT molecular complexity index is 680. The second-order valence-electron chi connectivity index (χ2n) is 3.83. The van der Waals surface area contributed by atoms with Crippen molar-refractivity contribution in [1.29, 1.82) is 0 Å². The summed E-state index contributed by atoms with van der Waals surface area (Å²) in [6, 6.07) is 3.48. The zero-order chi connectivity index (χ0) is 13.3. The maximum Gasteiger partial charge on any atom is 0.185 e. The number of anilines is 1. The number of nitrogens with two attached hydrogens (primary N) is 1. The van der Waals surface area contributed by atoms with Crippen LogP contribution in [0.4, 0.5) is 10.1 Å². The summed E-state index contributed by atoms with van der Waals surface area (Å²) in [6.45, 7) is 1.79. The maximum atomic E-state index is 13.2. The first-order chi connectivity index (χ1) is 8.38. The van der Waals surface area contributed by atoms with E-state index in [1.807, 2.05) is 0 Å². The van der Waals surface area contributed by atoms with Crippen LogP contribution in [0.25, 0.3) is 0 Å². The predicted molar refractivity (Wildman–Crippen MR) is 68.6 cm³/mol. The fourth-order valence-corrected chi connectivity index (χ4v) is 3.82. The molecule has 1 aromatic heterocycles. The molecule has 7 heteroatoms. The minimum absolute atomic E-state index is 0.0703. The highest BCUT2D eigenvalue weighted by Gasteiger charge is 2.18. The molecule has 2 aromatic rings. The summed E-state index contributed by atoms with van der Waals surface area (Å²) in [7, 11) is -3.59. The molecule has 0 aliphatic carbocycles. The zero-order valence-corrected chi connectivity index (χ0v) is 11.2. The van der Waals surface area contributed by atoms with E-state index >= 15 is 0 Å². The molecule has 0 saturated carbocycles. The van der Waals surface area contributed by atoms with Crippen molar-refractivity contribution in [3.63, 3.8) is 0 Å². The third-order valence-corrected chi connectivity index (χ3v) is 5.09. The number of nitrogen functional groups attached to an aromatic ring is 1. The van der Waals surface area contributed by atoms with Crippen molar-refractivity contribution in [2.24, 2.45) is 0 Å². The summed E-state index contributed by atoms with van der Waals surface area (Å²) in [4.78, 5) is 4.00. The van der Waals surface area contributed by atoms with E-state index in [9.17, 15) is 12.8 Å². The van der Waals surface area contributed by atoms with Crippen molar-refractivity contribution in [2.75, 3.05) is 5.73 Å². The molecule has 0 unspecified atom stereocenters. The molecule has 0 fully saturated rings. The van der Waals surface area contributed by atoms with Crippen LogP contribution in [0.15, 0.2) is 28.5 Å². The summed E-state index contributed by atoms with van der Waals surface area (Å²) < 4.78 is 37.3. The molecule has 0 atom stereocenters. The van der Waals surface area contributed by atoms with Crippen LogP contribution in [0.2, 0.25) is 0 Å². The molecule has 0 saturated heterocycles. The van der Waals surface area contributed by atoms with Crippen molar-refractivity contribution in [2.45, 2.75) is 17.6 Å². The molecule has 96 valence electrons. The number of nitrogens with zero attached hydrogens (tertiary/aromatic N) is 1. The number of rotatable bonds is 3. The number of thiazole rings is 1. The lowest BCUT2D eigenvalue weighted by Crippen LogP contribution is -2.06. The average Bonchev–Trinajstić information content (AvgIpc) is 2.67. The van der Waals surface area contributed by atoms with Crippen LogP contribution in [-0.2, 0) is 15.6 Å². The molecule has 0 bridgehead atoms. The highest BCUT2D eigenvalue weighted by Crippen LogP contribution is 2.21. The first-order valence-corrected chi connectivity index (χ1v) is 7.60. The van der Waals surface area contributed by atoms with Gasteiger partial charge in [0.25, 0.3) is 0 Å². The summed E-state index contributed by atoms with van der Waals surface area (Å²) in [5, 5.41) is 2.26. The van der Waals surface area contributed by atoms with Crippen molar-refractivity contribution in [3.8, 4) is 0 Å². The standard InChI is InChI=1S/C11H11FN2O2S2/c1-7-5-17-11(14-7)6-18(15,16)8-2-3-10(13)9(12)4-8/h2-5H,6,13H2,1H3. The van der Waals surface area contributed by atoms with E-state index in [1.54, 1.807) is 12.3 Å². The number of aromatic nitrogens is 1. The van der Waals surface area contributed by atoms with Gasteiger partial charge in [0.05, 0.1) is 10.6 Å². The molecule has 0 aliphatic rings. The van der Waals surface area contributed by atoms with E-state index in [0.29, 0.717) is 5.01 Å². The second-order valence-corrected chi connectivity index (χ2v) is 6.76. The fraction of sp³-hybridized carbons (Fsp3) is 0.182. The average molecular weight is 286 g/mol. The Morgan fingerprint density at radius 3 is 2.72 bits per heavy atom. The smallest absolute Gasteiger partial charge is 0.185 e. The molecular weight excluding hydrogens is 275 g/mol. The molecule has 0 amide bonds. The van der Waals surface area contributed by atoms with Crippen molar-refractivity contribution in [3.05, 3.63) is 40.1 Å². The zero-order valence-electron chi connectivity index (χ0n) is 9.55. The van der Waals surface area contributed by atoms with Gasteiger partial charge in [0.2, 0.25) is 0 Å². The van der Waals surface area contributed by atoms with Crippen LogP contribution in [0.1, 0.15) is 10.7 Å². The summed E-state index contributed by atoms with van der Waals surface area (Å²) in [6.07, 6.45) is 0. The Kier molecular flexibility index (Phi) is 3.36. The molecule has 2 rings (SSSR count). The molecule has 0 aliphatic heterocycles. The first-order valence-electron chi connectivity index (χ1n) is 5.07. The third kappa shape index (κ3) is 2.68. The Hall–Kier alpha value is -1.47. The van der Waals surface area contributed by atoms with E-state index in [0.717, 1.165) is 11.8 Å². The van der Waals surface area contributed by atoms with E-state index < -0.39 is 15.7 Å². The maximum absolute atomic E-state index is 13.2. The van der Waals surface area contributed by atoms with Crippen molar-refractivity contribution < 1.29 is 12.8 Å². The molecule has 0 spiro atoms. The minimum atomic E-state index is -3.59. The predicted octanol–water partition coefficient (Wildman–Crippen LogP) is 2.15. The monoisotopic (exact) mass is 286 g/mol. The van der Waals surface area contributed by atoms with Gasteiger partial charge in [-0.25, -0.2) is 17.8 Å². The fourth-order valence-electron chi connectivity index (χ4n) is 1.42. The van der Waals surface area contributed by atoms with Gasteiger partial charge in [0, 0.05) is 11.1 Å². The Morgan fingerprint density at radius 2 is 2.17 bits per heavy atom. The van der Waals surface area contributed by atoms with Gasteiger partial charge in [-0.15, -0.1) is 11.3 Å². The lowest BCUT2D eigenvalue weighted by molar-refractivity contribution is 0.590. The number of sulfone groups is 1. The summed E-state index contributed by atoms with van der Waals surface area (Å²) in [5.41, 5.74) is 6.01. The molecular formula is C11H11FN2O2S2. The Balaban J connectivity index is 2.33. The van der Waals surface area contributed by atoms with Gasteiger partial charge >= 0.3 is 0 Å². The van der Waals surface area contributed by atoms with E-state index in [1.165, 1.54) is 23.5 Å². The van der Waals surface area contributed by atoms with Crippen LogP contribution in [0.3, 0.4) is 0 Å². The largest absolute Gasteiger partial charge is 0.396 e. The molecule has 1 heterocycles.